The lowest BCUT2D eigenvalue weighted by molar-refractivity contribution is 0.414. The van der Waals surface area contributed by atoms with Crippen molar-refractivity contribution in [2.45, 2.75) is 5.16 Å². The zero-order valence-electron chi connectivity index (χ0n) is 17.9. The van der Waals surface area contributed by atoms with Gasteiger partial charge in [-0.1, -0.05) is 11.8 Å². The summed E-state index contributed by atoms with van der Waals surface area (Å²) in [6.45, 7) is 3.42. The Morgan fingerprint density at radius 2 is 1.81 bits per heavy atom. The van der Waals surface area contributed by atoms with Crippen LogP contribution < -0.4 is 19.9 Å². The number of methoxy groups -OCH3 is 1. The number of ether oxygens (including phenoxy) is 1. The molecular formula is C22H24N8OS. The first-order valence-electron chi connectivity index (χ1n) is 10.3. The third-order valence-corrected chi connectivity index (χ3v) is 6.02. The first-order valence-corrected chi connectivity index (χ1v) is 11.6. The van der Waals surface area contributed by atoms with E-state index in [0.29, 0.717) is 0 Å². The number of piperazine rings is 1. The molecule has 1 aromatic carbocycles. The molecule has 0 atom stereocenters. The average Bonchev–Trinajstić information content (AvgIpc) is 3.32. The van der Waals surface area contributed by atoms with E-state index in [0.717, 1.165) is 71.1 Å². The maximum atomic E-state index is 5.33. The number of H-pyrrole nitrogens is 1. The van der Waals surface area contributed by atoms with Gasteiger partial charge in [-0.3, -0.25) is 5.10 Å². The minimum atomic E-state index is 0.742. The van der Waals surface area contributed by atoms with Crippen LogP contribution in [0.15, 0.2) is 53.9 Å². The van der Waals surface area contributed by atoms with Gasteiger partial charge in [-0.25, -0.2) is 15.0 Å². The molecule has 0 unspecified atom stereocenters. The van der Waals surface area contributed by atoms with Gasteiger partial charge in [0.15, 0.2) is 5.16 Å². The number of aromatic amines is 1. The molecule has 0 amide bonds. The number of nitrogens with zero attached hydrogens (tertiary/aromatic N) is 6. The predicted molar refractivity (Wildman–Crippen MR) is 128 cm³/mol. The van der Waals surface area contributed by atoms with Crippen molar-refractivity contribution in [1.82, 2.24) is 25.1 Å². The van der Waals surface area contributed by atoms with Gasteiger partial charge < -0.3 is 19.9 Å². The van der Waals surface area contributed by atoms with Gasteiger partial charge in [0.05, 0.1) is 18.8 Å². The number of rotatable bonds is 6. The maximum absolute atomic E-state index is 5.33. The molecule has 9 nitrogen and oxygen atoms in total. The van der Waals surface area contributed by atoms with Crippen LogP contribution in [0.5, 0.6) is 5.75 Å². The highest BCUT2D eigenvalue weighted by Crippen LogP contribution is 2.26. The molecular weight excluding hydrogens is 424 g/mol. The number of nitrogens with one attached hydrogen (secondary N) is 2. The standard InChI is InChI=1S/C22H24N8OS/c1-31-17-5-6-23-20(12-17)29-7-9-30(10-8-29)21-13-19(26-22(27-21)32-2)25-16-3-4-18-15(11-16)14-24-28-18/h3-6,11-14H,7-10H2,1-2H3,(H,24,28)(H,25,26,27). The first-order chi connectivity index (χ1) is 15.7. The molecule has 32 heavy (non-hydrogen) atoms. The minimum absolute atomic E-state index is 0.742. The van der Waals surface area contributed by atoms with Crippen LogP contribution >= 0.6 is 11.8 Å². The fourth-order valence-electron chi connectivity index (χ4n) is 3.76. The van der Waals surface area contributed by atoms with Crippen LogP contribution in [0, 0.1) is 0 Å². The lowest BCUT2D eigenvalue weighted by Crippen LogP contribution is -2.47. The summed E-state index contributed by atoms with van der Waals surface area (Å²) < 4.78 is 5.33. The van der Waals surface area contributed by atoms with Crippen LogP contribution in [0.1, 0.15) is 0 Å². The lowest BCUT2D eigenvalue weighted by atomic mass is 10.2. The van der Waals surface area contributed by atoms with Gasteiger partial charge >= 0.3 is 0 Å². The monoisotopic (exact) mass is 448 g/mol. The van der Waals surface area contributed by atoms with Crippen molar-refractivity contribution in [3.63, 3.8) is 0 Å². The van der Waals surface area contributed by atoms with E-state index in [1.165, 1.54) is 11.8 Å². The SMILES string of the molecule is COc1ccnc(N2CCN(c3cc(Nc4ccc5[nH]ncc5c4)nc(SC)n3)CC2)c1. The van der Waals surface area contributed by atoms with Crippen LogP contribution in [0.4, 0.5) is 23.1 Å². The molecule has 1 fully saturated rings. The van der Waals surface area contributed by atoms with Gasteiger partial charge in [0, 0.05) is 55.6 Å². The van der Waals surface area contributed by atoms with E-state index < -0.39 is 0 Å². The molecule has 4 heterocycles. The second kappa shape index (κ2) is 8.91. The Hall–Kier alpha value is -3.53. The summed E-state index contributed by atoms with van der Waals surface area (Å²) in [6, 6.07) is 11.9. The van der Waals surface area contributed by atoms with Crippen LogP contribution in [0.25, 0.3) is 10.9 Å². The fourth-order valence-corrected chi connectivity index (χ4v) is 4.14. The largest absolute Gasteiger partial charge is 0.497 e. The molecule has 0 radical (unpaired) electrons. The molecule has 1 saturated heterocycles. The van der Waals surface area contributed by atoms with Crippen LogP contribution in [-0.2, 0) is 0 Å². The summed E-state index contributed by atoms with van der Waals surface area (Å²) in [5, 5.41) is 12.3. The van der Waals surface area contributed by atoms with E-state index in [9.17, 15) is 0 Å². The highest BCUT2D eigenvalue weighted by Gasteiger charge is 2.21. The van der Waals surface area contributed by atoms with Gasteiger partial charge in [-0.15, -0.1) is 0 Å². The van der Waals surface area contributed by atoms with Crippen molar-refractivity contribution in [1.29, 1.82) is 0 Å². The number of hydrogen-bond donors (Lipinski definition) is 2. The Morgan fingerprint density at radius 3 is 2.59 bits per heavy atom. The predicted octanol–water partition coefficient (Wildman–Crippen LogP) is 3.55. The summed E-state index contributed by atoms with van der Waals surface area (Å²) in [6.07, 6.45) is 5.59. The van der Waals surface area contributed by atoms with Gasteiger partial charge in [0.2, 0.25) is 0 Å². The fraction of sp³-hybridized carbons (Fsp3) is 0.273. The smallest absolute Gasteiger partial charge is 0.191 e. The summed E-state index contributed by atoms with van der Waals surface area (Å²) in [4.78, 5) is 18.5. The van der Waals surface area contributed by atoms with E-state index >= 15 is 0 Å². The average molecular weight is 449 g/mol. The topological polar surface area (TPSA) is 95.1 Å². The van der Waals surface area contributed by atoms with Gasteiger partial charge in [0.1, 0.15) is 23.2 Å². The minimum Gasteiger partial charge on any atom is -0.497 e. The van der Waals surface area contributed by atoms with E-state index in [4.69, 9.17) is 9.72 Å². The van der Waals surface area contributed by atoms with Crippen molar-refractivity contribution in [2.75, 3.05) is 54.7 Å². The Morgan fingerprint density at radius 1 is 1.00 bits per heavy atom. The number of benzene rings is 1. The number of fused-ring (bicyclic) bond motifs is 1. The van der Waals surface area contributed by atoms with Crippen LogP contribution in [0.2, 0.25) is 0 Å². The van der Waals surface area contributed by atoms with E-state index in [1.54, 1.807) is 13.3 Å². The van der Waals surface area contributed by atoms with Crippen molar-refractivity contribution in [3.05, 3.63) is 48.8 Å². The second-order valence-electron chi connectivity index (χ2n) is 7.42. The quantitative estimate of drug-likeness (QED) is 0.339. The summed E-state index contributed by atoms with van der Waals surface area (Å²) in [5.41, 5.74) is 1.97. The Labute approximate surface area is 190 Å². The van der Waals surface area contributed by atoms with Crippen LogP contribution in [0.3, 0.4) is 0 Å². The number of aromatic nitrogens is 5. The summed E-state index contributed by atoms with van der Waals surface area (Å²) in [7, 11) is 1.67. The van der Waals surface area contributed by atoms with Crippen molar-refractivity contribution < 1.29 is 4.74 Å². The summed E-state index contributed by atoms with van der Waals surface area (Å²) >= 11 is 1.54. The third-order valence-electron chi connectivity index (χ3n) is 5.47. The second-order valence-corrected chi connectivity index (χ2v) is 8.20. The summed E-state index contributed by atoms with van der Waals surface area (Å²) in [5.74, 6) is 3.46. The molecule has 0 bridgehead atoms. The molecule has 0 spiro atoms. The van der Waals surface area contributed by atoms with Gasteiger partial charge in [-0.05, 0) is 30.5 Å². The molecule has 164 valence electrons. The maximum Gasteiger partial charge on any atom is 0.191 e. The zero-order chi connectivity index (χ0) is 21.9. The highest BCUT2D eigenvalue weighted by molar-refractivity contribution is 7.98. The van der Waals surface area contributed by atoms with Gasteiger partial charge in [-0.2, -0.15) is 5.10 Å². The first kappa shape index (κ1) is 20.4. The van der Waals surface area contributed by atoms with Crippen molar-refractivity contribution >= 4 is 45.8 Å². The molecule has 10 heteroatoms. The van der Waals surface area contributed by atoms with Crippen LogP contribution in [-0.4, -0.2) is 64.7 Å². The van der Waals surface area contributed by atoms with Crippen molar-refractivity contribution in [3.8, 4) is 5.75 Å². The third kappa shape index (κ3) is 4.26. The Bertz CT molecular complexity index is 1220. The zero-order valence-corrected chi connectivity index (χ0v) is 18.8. The number of anilines is 4. The number of hydrogen-bond acceptors (Lipinski definition) is 9. The molecule has 5 rings (SSSR count). The number of thioether (sulfide) groups is 1. The highest BCUT2D eigenvalue weighted by atomic mass is 32.2. The van der Waals surface area contributed by atoms with E-state index in [2.05, 4.69) is 41.3 Å². The molecule has 2 N–H and O–H groups in total. The molecule has 0 saturated carbocycles. The normalized spacial score (nSPS) is 14.1. The lowest BCUT2D eigenvalue weighted by Gasteiger charge is -2.36. The molecule has 0 aliphatic carbocycles. The Kier molecular flexibility index (Phi) is 5.68. The Balaban J connectivity index is 1.32. The molecule has 1 aliphatic heterocycles. The number of pyridine rings is 1. The molecule has 4 aromatic rings. The molecule has 3 aromatic heterocycles. The molecule has 1 aliphatic rings. The van der Waals surface area contributed by atoms with E-state index in [1.807, 2.05) is 42.8 Å². The van der Waals surface area contributed by atoms with Crippen molar-refractivity contribution in [2.24, 2.45) is 0 Å². The van der Waals surface area contributed by atoms with Gasteiger partial charge in [0.25, 0.3) is 0 Å². The van der Waals surface area contributed by atoms with E-state index in [-0.39, 0.29) is 0 Å².